The minimum Gasteiger partial charge on any atom is -0.508 e. The fraction of sp³-hybridized carbons (Fsp3) is 0.0833. The van der Waals surface area contributed by atoms with Gasteiger partial charge in [-0.1, -0.05) is 11.8 Å². The molecule has 92 valence electrons. The van der Waals surface area contributed by atoms with Crippen molar-refractivity contribution in [1.82, 2.24) is 4.98 Å². The lowest BCUT2D eigenvalue weighted by Crippen LogP contribution is -1.94. The van der Waals surface area contributed by atoms with Crippen LogP contribution >= 0.6 is 11.8 Å². The third kappa shape index (κ3) is 2.78. The Morgan fingerprint density at radius 3 is 2.50 bits per heavy atom. The van der Waals surface area contributed by atoms with Crippen LogP contribution in [0.4, 0.5) is 5.69 Å². The van der Waals surface area contributed by atoms with Gasteiger partial charge in [-0.15, -0.1) is 0 Å². The predicted octanol–water partition coefficient (Wildman–Crippen LogP) is 3.16. The van der Waals surface area contributed by atoms with Crippen molar-refractivity contribution in [3.05, 3.63) is 52.2 Å². The number of nitrogens with zero attached hydrogens (tertiary/aromatic N) is 2. The predicted molar refractivity (Wildman–Crippen MR) is 67.9 cm³/mol. The average Bonchev–Trinajstić information content (AvgIpc) is 2.32. The number of phenols is 1. The molecule has 18 heavy (non-hydrogen) atoms. The lowest BCUT2D eigenvalue weighted by Gasteiger charge is -2.03. The number of phenolic OH excluding ortho intramolecular Hbond substituents is 1. The molecule has 6 heteroatoms. The monoisotopic (exact) mass is 262 g/mol. The Bertz CT molecular complexity index is 584. The second kappa shape index (κ2) is 5.05. The highest BCUT2D eigenvalue weighted by Crippen LogP contribution is 2.33. The fourth-order valence-electron chi connectivity index (χ4n) is 1.37. The first-order valence-corrected chi connectivity index (χ1v) is 5.97. The first-order valence-electron chi connectivity index (χ1n) is 5.15. The maximum Gasteiger partial charge on any atom is 0.301 e. The standard InChI is InChI=1S/C12H10N2O3S/c1-8-2-7-11(14(16)17)12(13-8)18-10-5-3-9(15)4-6-10/h2-7,15H,1H3. The van der Waals surface area contributed by atoms with Crippen LogP contribution in [0.2, 0.25) is 0 Å². The molecule has 0 atom stereocenters. The molecule has 0 aliphatic heterocycles. The summed E-state index contributed by atoms with van der Waals surface area (Å²) in [6.07, 6.45) is 0. The van der Waals surface area contributed by atoms with Gasteiger partial charge < -0.3 is 5.11 Å². The minimum absolute atomic E-state index is 0.0151. The maximum absolute atomic E-state index is 10.9. The average molecular weight is 262 g/mol. The summed E-state index contributed by atoms with van der Waals surface area (Å²) < 4.78 is 0. The van der Waals surface area contributed by atoms with Crippen molar-refractivity contribution < 1.29 is 10.0 Å². The second-order valence-electron chi connectivity index (χ2n) is 3.63. The van der Waals surface area contributed by atoms with Gasteiger partial charge in [0, 0.05) is 16.7 Å². The van der Waals surface area contributed by atoms with E-state index in [2.05, 4.69) is 4.98 Å². The first-order chi connectivity index (χ1) is 8.56. The van der Waals surface area contributed by atoms with E-state index in [1.165, 1.54) is 30.0 Å². The molecule has 0 fully saturated rings. The molecule has 0 radical (unpaired) electrons. The van der Waals surface area contributed by atoms with Crippen molar-refractivity contribution in [3.63, 3.8) is 0 Å². The van der Waals surface area contributed by atoms with E-state index < -0.39 is 4.92 Å². The van der Waals surface area contributed by atoms with Gasteiger partial charge in [0.25, 0.3) is 0 Å². The van der Waals surface area contributed by atoms with E-state index in [1.54, 1.807) is 25.1 Å². The fourth-order valence-corrected chi connectivity index (χ4v) is 2.30. The van der Waals surface area contributed by atoms with Crippen LogP contribution in [0.25, 0.3) is 0 Å². The number of pyridine rings is 1. The van der Waals surface area contributed by atoms with Gasteiger partial charge in [0.2, 0.25) is 0 Å². The molecule has 0 spiro atoms. The van der Waals surface area contributed by atoms with E-state index in [-0.39, 0.29) is 11.4 Å². The molecule has 1 heterocycles. The zero-order valence-electron chi connectivity index (χ0n) is 9.53. The lowest BCUT2D eigenvalue weighted by atomic mass is 10.3. The third-order valence-corrected chi connectivity index (χ3v) is 3.23. The van der Waals surface area contributed by atoms with Gasteiger partial charge in [-0.25, -0.2) is 4.98 Å². The highest BCUT2D eigenvalue weighted by atomic mass is 32.2. The first kappa shape index (κ1) is 12.4. The molecule has 1 aromatic carbocycles. The van der Waals surface area contributed by atoms with Gasteiger partial charge >= 0.3 is 5.69 Å². The number of aromatic nitrogens is 1. The molecule has 1 N–H and O–H groups in total. The molecule has 5 nitrogen and oxygen atoms in total. The quantitative estimate of drug-likeness (QED) is 0.679. The van der Waals surface area contributed by atoms with Crippen molar-refractivity contribution in [2.24, 2.45) is 0 Å². The highest BCUT2D eigenvalue weighted by Gasteiger charge is 2.16. The Labute approximate surface area is 108 Å². The van der Waals surface area contributed by atoms with Gasteiger partial charge in [0.15, 0.2) is 5.03 Å². The van der Waals surface area contributed by atoms with Gasteiger partial charge in [-0.05, 0) is 37.3 Å². The lowest BCUT2D eigenvalue weighted by molar-refractivity contribution is -0.388. The number of aromatic hydroxyl groups is 1. The van der Waals surface area contributed by atoms with Crippen molar-refractivity contribution in [2.45, 2.75) is 16.8 Å². The Morgan fingerprint density at radius 1 is 1.22 bits per heavy atom. The Hall–Kier alpha value is -2.08. The summed E-state index contributed by atoms with van der Waals surface area (Å²) in [5.41, 5.74) is 0.709. The van der Waals surface area contributed by atoms with E-state index in [0.29, 0.717) is 5.03 Å². The summed E-state index contributed by atoms with van der Waals surface area (Å²) in [6.45, 7) is 1.78. The number of nitro groups is 1. The van der Waals surface area contributed by atoms with Crippen LogP contribution in [-0.2, 0) is 0 Å². The van der Waals surface area contributed by atoms with Gasteiger partial charge in [0.05, 0.1) is 4.92 Å². The smallest absolute Gasteiger partial charge is 0.301 e. The summed E-state index contributed by atoms with van der Waals surface area (Å²) in [4.78, 5) is 15.4. The molecule has 0 bridgehead atoms. The van der Waals surface area contributed by atoms with E-state index in [9.17, 15) is 15.2 Å². The van der Waals surface area contributed by atoms with Gasteiger partial charge in [-0.2, -0.15) is 0 Å². The van der Waals surface area contributed by atoms with Crippen molar-refractivity contribution in [1.29, 1.82) is 0 Å². The Balaban J connectivity index is 2.35. The van der Waals surface area contributed by atoms with Crippen molar-refractivity contribution in [2.75, 3.05) is 0 Å². The molecule has 2 aromatic rings. The molecule has 0 amide bonds. The maximum atomic E-state index is 10.9. The second-order valence-corrected chi connectivity index (χ2v) is 4.69. The SMILES string of the molecule is Cc1ccc([N+](=O)[O-])c(Sc2ccc(O)cc2)n1. The number of benzene rings is 1. The Morgan fingerprint density at radius 2 is 1.89 bits per heavy atom. The van der Waals surface area contributed by atoms with Crippen LogP contribution in [0.1, 0.15) is 5.69 Å². The summed E-state index contributed by atoms with van der Waals surface area (Å²) >= 11 is 1.20. The molecule has 0 saturated carbocycles. The molecule has 0 saturated heterocycles. The van der Waals surface area contributed by atoms with Crippen LogP contribution in [-0.4, -0.2) is 15.0 Å². The van der Waals surface area contributed by atoms with Crippen molar-refractivity contribution in [3.8, 4) is 5.75 Å². The molecule has 1 aromatic heterocycles. The van der Waals surface area contributed by atoms with Crippen LogP contribution in [0.3, 0.4) is 0 Å². The molecule has 0 aliphatic rings. The number of rotatable bonds is 3. The summed E-state index contributed by atoms with van der Waals surface area (Å²) in [7, 11) is 0. The zero-order chi connectivity index (χ0) is 13.1. The topological polar surface area (TPSA) is 76.3 Å². The highest BCUT2D eigenvalue weighted by molar-refractivity contribution is 7.99. The molecule has 0 aliphatic carbocycles. The van der Waals surface area contributed by atoms with Crippen molar-refractivity contribution >= 4 is 17.4 Å². The largest absolute Gasteiger partial charge is 0.508 e. The van der Waals surface area contributed by atoms with Gasteiger partial charge in [0.1, 0.15) is 5.75 Å². The van der Waals surface area contributed by atoms with Crippen LogP contribution in [0.5, 0.6) is 5.75 Å². The zero-order valence-corrected chi connectivity index (χ0v) is 10.3. The molecule has 2 rings (SSSR count). The number of hydrogen-bond donors (Lipinski definition) is 1. The van der Waals surface area contributed by atoms with E-state index >= 15 is 0 Å². The summed E-state index contributed by atoms with van der Waals surface area (Å²) in [5.74, 6) is 0.158. The minimum atomic E-state index is -0.449. The van der Waals surface area contributed by atoms with Crippen LogP contribution in [0, 0.1) is 17.0 Å². The number of aryl methyl sites for hydroxylation is 1. The molecule has 0 unspecified atom stereocenters. The summed E-state index contributed by atoms with van der Waals surface area (Å²) in [5, 5.41) is 20.4. The third-order valence-electron chi connectivity index (χ3n) is 2.23. The summed E-state index contributed by atoms with van der Waals surface area (Å²) in [6, 6.07) is 9.50. The normalized spacial score (nSPS) is 10.3. The van der Waals surface area contributed by atoms with Gasteiger partial charge in [-0.3, -0.25) is 10.1 Å². The van der Waals surface area contributed by atoms with E-state index in [4.69, 9.17) is 0 Å². The molecular weight excluding hydrogens is 252 g/mol. The van der Waals surface area contributed by atoms with E-state index in [1.807, 2.05) is 0 Å². The molecular formula is C12H10N2O3S. The van der Waals surface area contributed by atoms with E-state index in [0.717, 1.165) is 10.6 Å². The van der Waals surface area contributed by atoms with Crippen LogP contribution < -0.4 is 0 Å². The Kier molecular flexibility index (Phi) is 3.47. The number of hydrogen-bond acceptors (Lipinski definition) is 5. The van der Waals surface area contributed by atoms with Crippen LogP contribution in [0.15, 0.2) is 46.3 Å².